The van der Waals surface area contributed by atoms with Crippen molar-refractivity contribution >= 4 is 28.2 Å². The van der Waals surface area contributed by atoms with E-state index in [1.807, 2.05) is 6.08 Å². The number of thioether (sulfide) groups is 1. The number of nitrogens with zero attached hydrogens (tertiary/aromatic N) is 2. The highest BCUT2D eigenvalue weighted by Crippen LogP contribution is 2.23. The topological polar surface area (TPSA) is 51.8 Å². The fourth-order valence-electron chi connectivity index (χ4n) is 0.508. The monoisotopic (exact) mass is 187 g/mol. The van der Waals surface area contributed by atoms with Gasteiger partial charge < -0.3 is 5.73 Å². The van der Waals surface area contributed by atoms with Gasteiger partial charge in [0, 0.05) is 5.75 Å². The molecule has 5 heteroatoms. The van der Waals surface area contributed by atoms with E-state index in [1.165, 1.54) is 11.3 Å². The summed E-state index contributed by atoms with van der Waals surface area (Å²) in [7, 11) is 0. The number of allylic oxidation sites excluding steroid dienone is 1. The second-order valence-electron chi connectivity index (χ2n) is 1.83. The number of hydrogen-bond donors (Lipinski definition) is 1. The van der Waals surface area contributed by atoms with Crippen molar-refractivity contribution < 1.29 is 0 Å². The van der Waals surface area contributed by atoms with Gasteiger partial charge >= 0.3 is 0 Å². The Morgan fingerprint density at radius 2 is 2.45 bits per heavy atom. The van der Waals surface area contributed by atoms with Crippen LogP contribution in [0.3, 0.4) is 0 Å². The summed E-state index contributed by atoms with van der Waals surface area (Å²) in [6, 6.07) is 0. The van der Waals surface area contributed by atoms with Crippen molar-refractivity contribution in [1.29, 1.82) is 0 Å². The van der Waals surface area contributed by atoms with Crippen LogP contribution in [0.5, 0.6) is 0 Å². The van der Waals surface area contributed by atoms with Crippen molar-refractivity contribution in [1.82, 2.24) is 10.2 Å². The summed E-state index contributed by atoms with van der Waals surface area (Å²) >= 11 is 3.08. The van der Waals surface area contributed by atoms with Crippen molar-refractivity contribution in [2.75, 3.05) is 11.5 Å². The highest BCUT2D eigenvalue weighted by molar-refractivity contribution is 8.01. The molecular weight excluding hydrogens is 178 g/mol. The normalized spacial score (nSPS) is 9.82. The molecule has 0 unspecified atom stereocenters. The van der Waals surface area contributed by atoms with Gasteiger partial charge in [0.25, 0.3) is 0 Å². The van der Waals surface area contributed by atoms with Gasteiger partial charge in [-0.2, -0.15) is 0 Å². The number of hydrogen-bond acceptors (Lipinski definition) is 5. The van der Waals surface area contributed by atoms with Gasteiger partial charge in [-0.3, -0.25) is 0 Å². The molecule has 60 valence electrons. The second kappa shape index (κ2) is 4.35. The highest BCUT2D eigenvalue weighted by atomic mass is 32.2. The van der Waals surface area contributed by atoms with E-state index in [9.17, 15) is 0 Å². The summed E-state index contributed by atoms with van der Waals surface area (Å²) in [5.74, 6) is 0.998. The van der Waals surface area contributed by atoms with Crippen LogP contribution in [0.1, 0.15) is 6.42 Å². The van der Waals surface area contributed by atoms with Gasteiger partial charge in [0.05, 0.1) is 0 Å². The van der Waals surface area contributed by atoms with E-state index in [4.69, 9.17) is 5.73 Å². The van der Waals surface area contributed by atoms with E-state index in [1.54, 1.807) is 11.8 Å². The zero-order valence-electron chi connectivity index (χ0n) is 5.99. The summed E-state index contributed by atoms with van der Waals surface area (Å²) < 4.78 is 0.935. The Kier molecular flexibility index (Phi) is 3.38. The van der Waals surface area contributed by atoms with Gasteiger partial charge in [-0.1, -0.05) is 29.2 Å². The standard InChI is InChI=1S/C6H9N3S2/c1-2-3-4-10-6-9-8-5(7)11-6/h2H,1,3-4H2,(H2,7,8). The van der Waals surface area contributed by atoms with Gasteiger partial charge in [0.1, 0.15) is 0 Å². The highest BCUT2D eigenvalue weighted by Gasteiger charge is 1.99. The van der Waals surface area contributed by atoms with Crippen molar-refractivity contribution in [3.05, 3.63) is 12.7 Å². The first-order valence-electron chi connectivity index (χ1n) is 3.15. The summed E-state index contributed by atoms with van der Waals surface area (Å²) in [5, 5.41) is 8.09. The van der Waals surface area contributed by atoms with Gasteiger partial charge in [0.2, 0.25) is 5.13 Å². The number of anilines is 1. The van der Waals surface area contributed by atoms with E-state index >= 15 is 0 Å². The number of aromatic nitrogens is 2. The third-order valence-corrected chi connectivity index (χ3v) is 2.89. The first-order valence-corrected chi connectivity index (χ1v) is 4.96. The first-order chi connectivity index (χ1) is 5.33. The molecule has 1 rings (SSSR count). The van der Waals surface area contributed by atoms with Crippen LogP contribution in [0.2, 0.25) is 0 Å². The van der Waals surface area contributed by atoms with Crippen LogP contribution in [0.4, 0.5) is 5.13 Å². The smallest absolute Gasteiger partial charge is 0.203 e. The van der Waals surface area contributed by atoms with Crippen LogP contribution in [0, 0.1) is 0 Å². The fourth-order valence-corrected chi connectivity index (χ4v) is 2.15. The molecule has 1 aromatic rings. The molecular formula is C6H9N3S2. The second-order valence-corrected chi connectivity index (χ2v) is 4.18. The molecule has 0 atom stereocenters. The first kappa shape index (κ1) is 8.55. The predicted octanol–water partition coefficient (Wildman–Crippen LogP) is 1.79. The van der Waals surface area contributed by atoms with E-state index in [2.05, 4.69) is 16.8 Å². The molecule has 3 nitrogen and oxygen atoms in total. The SMILES string of the molecule is C=CCCSc1nnc(N)s1. The molecule has 11 heavy (non-hydrogen) atoms. The van der Waals surface area contributed by atoms with Crippen molar-refractivity contribution in [2.24, 2.45) is 0 Å². The molecule has 0 saturated heterocycles. The fraction of sp³-hybridized carbons (Fsp3) is 0.333. The lowest BCUT2D eigenvalue weighted by atomic mass is 10.5. The molecule has 0 aliphatic heterocycles. The minimum Gasteiger partial charge on any atom is -0.374 e. The Bertz CT molecular complexity index is 233. The summed E-state index contributed by atoms with van der Waals surface area (Å²) in [4.78, 5) is 0. The summed E-state index contributed by atoms with van der Waals surface area (Å²) in [6.45, 7) is 3.63. The average Bonchev–Trinajstić information content (AvgIpc) is 2.37. The van der Waals surface area contributed by atoms with Gasteiger partial charge in [0.15, 0.2) is 4.34 Å². The molecule has 0 saturated carbocycles. The van der Waals surface area contributed by atoms with Gasteiger partial charge in [-0.05, 0) is 6.42 Å². The molecule has 0 bridgehead atoms. The molecule has 0 aliphatic rings. The summed E-state index contributed by atoms with van der Waals surface area (Å²) in [6.07, 6.45) is 2.88. The molecule has 0 radical (unpaired) electrons. The minimum absolute atomic E-state index is 0.533. The molecule has 0 spiro atoms. The average molecular weight is 187 g/mol. The maximum absolute atomic E-state index is 5.39. The lowest BCUT2D eigenvalue weighted by Gasteiger charge is -1.89. The van der Waals surface area contributed by atoms with Crippen LogP contribution in [-0.2, 0) is 0 Å². The number of nitrogens with two attached hydrogens (primary N) is 1. The third kappa shape index (κ3) is 2.90. The van der Waals surface area contributed by atoms with E-state index in [0.717, 1.165) is 16.5 Å². The van der Waals surface area contributed by atoms with Crippen molar-refractivity contribution in [2.45, 2.75) is 10.8 Å². The number of rotatable bonds is 4. The Morgan fingerprint density at radius 3 is 3.00 bits per heavy atom. The lowest BCUT2D eigenvalue weighted by molar-refractivity contribution is 1.02. The molecule has 0 aromatic carbocycles. The lowest BCUT2D eigenvalue weighted by Crippen LogP contribution is -1.80. The molecule has 1 heterocycles. The largest absolute Gasteiger partial charge is 0.374 e. The summed E-state index contributed by atoms with van der Waals surface area (Å²) in [5.41, 5.74) is 5.39. The van der Waals surface area contributed by atoms with Crippen LogP contribution in [0.25, 0.3) is 0 Å². The number of nitrogen functional groups attached to an aromatic ring is 1. The van der Waals surface area contributed by atoms with Crippen LogP contribution in [-0.4, -0.2) is 16.0 Å². The van der Waals surface area contributed by atoms with Crippen LogP contribution in [0.15, 0.2) is 17.0 Å². The zero-order chi connectivity index (χ0) is 8.10. The van der Waals surface area contributed by atoms with Crippen LogP contribution >= 0.6 is 23.1 Å². The minimum atomic E-state index is 0.533. The van der Waals surface area contributed by atoms with Gasteiger partial charge in [-0.15, -0.1) is 16.8 Å². The molecule has 0 aliphatic carbocycles. The Morgan fingerprint density at radius 1 is 1.64 bits per heavy atom. The van der Waals surface area contributed by atoms with Crippen molar-refractivity contribution in [3.63, 3.8) is 0 Å². The zero-order valence-corrected chi connectivity index (χ0v) is 7.62. The maximum atomic E-state index is 5.39. The molecule has 0 fully saturated rings. The molecule has 2 N–H and O–H groups in total. The predicted molar refractivity (Wildman–Crippen MR) is 49.9 cm³/mol. The quantitative estimate of drug-likeness (QED) is 0.443. The molecule has 0 amide bonds. The van der Waals surface area contributed by atoms with Crippen LogP contribution < -0.4 is 5.73 Å². The van der Waals surface area contributed by atoms with E-state index in [0.29, 0.717) is 5.13 Å². The van der Waals surface area contributed by atoms with E-state index < -0.39 is 0 Å². The third-order valence-electron chi connectivity index (χ3n) is 0.970. The molecule has 1 aromatic heterocycles. The Balaban J connectivity index is 2.32. The Hall–Kier alpha value is -0.550. The Labute approximate surface area is 73.7 Å². The van der Waals surface area contributed by atoms with Gasteiger partial charge in [-0.25, -0.2) is 0 Å². The maximum Gasteiger partial charge on any atom is 0.203 e. The van der Waals surface area contributed by atoms with E-state index in [-0.39, 0.29) is 0 Å². The van der Waals surface area contributed by atoms with Crippen molar-refractivity contribution in [3.8, 4) is 0 Å².